The number of aryl methyl sites for hydroxylation is 1. The first-order valence-corrected chi connectivity index (χ1v) is 12.0. The highest BCUT2D eigenvalue weighted by atomic mass is 16.3. The molecule has 0 radical (unpaired) electrons. The quantitative estimate of drug-likeness (QED) is 0.209. The number of rotatable bonds is 3. The summed E-state index contributed by atoms with van der Waals surface area (Å²) >= 11 is 0. The lowest BCUT2D eigenvalue weighted by atomic mass is 9.84. The van der Waals surface area contributed by atoms with Crippen LogP contribution < -0.4 is 4.90 Å². The molecule has 1 aromatic heterocycles. The maximum Gasteiger partial charge on any atom is 0.300 e. The highest BCUT2D eigenvalue weighted by Gasteiger charge is 2.47. The van der Waals surface area contributed by atoms with Gasteiger partial charge in [0.15, 0.2) is 0 Å². The van der Waals surface area contributed by atoms with E-state index in [1.54, 1.807) is 18.5 Å². The molecule has 0 spiro atoms. The van der Waals surface area contributed by atoms with Gasteiger partial charge in [-0.25, -0.2) is 0 Å². The average molecular weight is 477 g/mol. The van der Waals surface area contributed by atoms with Gasteiger partial charge in [-0.3, -0.25) is 19.5 Å². The lowest BCUT2D eigenvalue weighted by Gasteiger charge is -2.26. The number of hydrogen-bond acceptors (Lipinski definition) is 4. The number of aliphatic hydroxyl groups is 1. The van der Waals surface area contributed by atoms with Gasteiger partial charge in [0, 0.05) is 23.3 Å². The Balaban J connectivity index is 1.78. The van der Waals surface area contributed by atoms with E-state index < -0.39 is 17.7 Å². The Morgan fingerprint density at radius 2 is 1.69 bits per heavy atom. The third-order valence-corrected chi connectivity index (χ3v) is 6.83. The first-order chi connectivity index (χ1) is 17.2. The Kier molecular flexibility index (Phi) is 5.71. The molecule has 1 aliphatic heterocycles. The number of anilines is 1. The molecule has 5 nitrogen and oxygen atoms in total. The van der Waals surface area contributed by atoms with E-state index in [0.29, 0.717) is 16.8 Å². The number of carbonyl (C=O) groups is 2. The highest BCUT2D eigenvalue weighted by Crippen LogP contribution is 2.44. The third kappa shape index (κ3) is 3.87. The molecule has 1 saturated heterocycles. The van der Waals surface area contributed by atoms with E-state index >= 15 is 0 Å². The number of ketones is 1. The van der Waals surface area contributed by atoms with E-state index in [-0.39, 0.29) is 16.7 Å². The van der Waals surface area contributed by atoms with Crippen LogP contribution in [0.4, 0.5) is 5.69 Å². The number of nitrogens with zero attached hydrogens (tertiary/aromatic N) is 2. The van der Waals surface area contributed by atoms with Crippen LogP contribution in [-0.2, 0) is 15.0 Å². The summed E-state index contributed by atoms with van der Waals surface area (Å²) in [5, 5.41) is 13.5. The van der Waals surface area contributed by atoms with Crippen molar-refractivity contribution in [3.8, 4) is 0 Å². The van der Waals surface area contributed by atoms with Crippen molar-refractivity contribution in [3.05, 3.63) is 113 Å². The molecule has 180 valence electrons. The summed E-state index contributed by atoms with van der Waals surface area (Å²) < 4.78 is 0. The largest absolute Gasteiger partial charge is 0.507 e. The summed E-state index contributed by atoms with van der Waals surface area (Å²) in [6.07, 6.45) is 3.28. The van der Waals surface area contributed by atoms with Crippen molar-refractivity contribution in [1.29, 1.82) is 0 Å². The van der Waals surface area contributed by atoms with Crippen LogP contribution in [0.25, 0.3) is 16.5 Å². The van der Waals surface area contributed by atoms with Crippen LogP contribution in [0.2, 0.25) is 0 Å². The molecule has 3 aromatic carbocycles. The Morgan fingerprint density at radius 1 is 0.944 bits per heavy atom. The van der Waals surface area contributed by atoms with Crippen LogP contribution in [0.1, 0.15) is 49.1 Å². The predicted molar refractivity (Wildman–Crippen MR) is 143 cm³/mol. The first kappa shape index (κ1) is 23.5. The summed E-state index contributed by atoms with van der Waals surface area (Å²) in [6, 6.07) is 22.1. The third-order valence-electron chi connectivity index (χ3n) is 6.83. The molecule has 1 N–H and O–H groups in total. The van der Waals surface area contributed by atoms with Gasteiger partial charge < -0.3 is 5.11 Å². The molecule has 0 saturated carbocycles. The average Bonchev–Trinajstić information content (AvgIpc) is 3.13. The molecule has 0 aliphatic carbocycles. The predicted octanol–water partition coefficient (Wildman–Crippen LogP) is 6.47. The molecule has 1 atom stereocenters. The van der Waals surface area contributed by atoms with Crippen molar-refractivity contribution in [1.82, 2.24) is 4.98 Å². The molecular weight excluding hydrogens is 448 g/mol. The van der Waals surface area contributed by atoms with E-state index in [4.69, 9.17) is 0 Å². The zero-order chi connectivity index (χ0) is 25.6. The second-order valence-corrected chi connectivity index (χ2v) is 10.2. The number of pyridine rings is 1. The SMILES string of the molecule is Cc1ccc(C(C)(C)C)cc1/C(O)=C1\C(=O)C(=O)N(c2cccc3ccccc23)C1c1cccnc1. The fourth-order valence-corrected chi connectivity index (χ4v) is 4.84. The van der Waals surface area contributed by atoms with Crippen molar-refractivity contribution in [2.75, 3.05) is 4.90 Å². The summed E-state index contributed by atoms with van der Waals surface area (Å²) in [5.41, 5.74) is 3.57. The van der Waals surface area contributed by atoms with Gasteiger partial charge >= 0.3 is 0 Å². The van der Waals surface area contributed by atoms with E-state index in [0.717, 1.165) is 21.9 Å². The Hall–Kier alpha value is -4.25. The minimum absolute atomic E-state index is 0.0649. The Morgan fingerprint density at radius 3 is 2.42 bits per heavy atom. The topological polar surface area (TPSA) is 70.5 Å². The standard InChI is InChI=1S/C31H28N2O3/c1-19-14-15-22(31(2,3)4)17-24(19)28(34)26-27(21-11-8-16-32-18-21)33(30(36)29(26)35)25-13-7-10-20-9-5-6-12-23(20)25/h5-18,27,34H,1-4H3/b28-26+. The Bertz CT molecular complexity index is 1530. The lowest BCUT2D eigenvalue weighted by Crippen LogP contribution is -2.29. The monoisotopic (exact) mass is 476 g/mol. The maximum absolute atomic E-state index is 13.6. The summed E-state index contributed by atoms with van der Waals surface area (Å²) in [4.78, 5) is 32.9. The number of aliphatic hydroxyl groups excluding tert-OH is 1. The normalized spacial score (nSPS) is 17.7. The molecule has 1 aliphatic rings. The van der Waals surface area contributed by atoms with Crippen LogP contribution >= 0.6 is 0 Å². The highest BCUT2D eigenvalue weighted by molar-refractivity contribution is 6.52. The number of hydrogen-bond donors (Lipinski definition) is 1. The molecule has 1 unspecified atom stereocenters. The minimum Gasteiger partial charge on any atom is -0.507 e. The molecule has 1 amide bonds. The Labute approximate surface area is 210 Å². The fourth-order valence-electron chi connectivity index (χ4n) is 4.84. The van der Waals surface area contributed by atoms with Crippen molar-refractivity contribution in [3.63, 3.8) is 0 Å². The molecule has 0 bridgehead atoms. The number of benzene rings is 3. The van der Waals surface area contributed by atoms with Gasteiger partial charge in [0.2, 0.25) is 0 Å². The van der Waals surface area contributed by atoms with Crippen molar-refractivity contribution >= 4 is 33.9 Å². The molecule has 1 fully saturated rings. The second kappa shape index (κ2) is 8.76. The van der Waals surface area contributed by atoms with Crippen LogP contribution in [-0.4, -0.2) is 21.8 Å². The maximum atomic E-state index is 13.6. The summed E-state index contributed by atoms with van der Waals surface area (Å²) in [6.45, 7) is 8.17. The van der Waals surface area contributed by atoms with Crippen LogP contribution in [0.15, 0.2) is 90.8 Å². The van der Waals surface area contributed by atoms with Crippen molar-refractivity contribution < 1.29 is 14.7 Å². The van der Waals surface area contributed by atoms with Crippen LogP contribution in [0.3, 0.4) is 0 Å². The first-order valence-electron chi connectivity index (χ1n) is 12.0. The minimum atomic E-state index is -0.817. The van der Waals surface area contributed by atoms with Gasteiger partial charge in [-0.1, -0.05) is 75.4 Å². The fraction of sp³-hybridized carbons (Fsp3) is 0.194. The van der Waals surface area contributed by atoms with Gasteiger partial charge in [-0.05, 0) is 52.6 Å². The van der Waals surface area contributed by atoms with Crippen molar-refractivity contribution in [2.45, 2.75) is 39.2 Å². The zero-order valence-electron chi connectivity index (χ0n) is 20.8. The summed E-state index contributed by atoms with van der Waals surface area (Å²) in [7, 11) is 0. The zero-order valence-corrected chi connectivity index (χ0v) is 20.8. The van der Waals surface area contributed by atoms with Gasteiger partial charge in [0.1, 0.15) is 5.76 Å². The van der Waals surface area contributed by atoms with Gasteiger partial charge in [-0.2, -0.15) is 0 Å². The lowest BCUT2D eigenvalue weighted by molar-refractivity contribution is -0.132. The second-order valence-electron chi connectivity index (χ2n) is 10.2. The number of aromatic nitrogens is 1. The van der Waals surface area contributed by atoms with E-state index in [1.165, 1.54) is 4.90 Å². The molecule has 2 heterocycles. The smallest absolute Gasteiger partial charge is 0.300 e. The van der Waals surface area contributed by atoms with E-state index in [1.807, 2.05) is 73.7 Å². The molecular formula is C31H28N2O3. The van der Waals surface area contributed by atoms with Gasteiger partial charge in [0.05, 0.1) is 17.3 Å². The number of carbonyl (C=O) groups excluding carboxylic acids is 2. The van der Waals surface area contributed by atoms with Crippen LogP contribution in [0.5, 0.6) is 0 Å². The molecule has 4 aromatic rings. The van der Waals surface area contributed by atoms with Crippen LogP contribution in [0, 0.1) is 6.92 Å². The molecule has 36 heavy (non-hydrogen) atoms. The molecule has 5 heteroatoms. The van der Waals surface area contributed by atoms with Gasteiger partial charge in [0.25, 0.3) is 11.7 Å². The van der Waals surface area contributed by atoms with Crippen molar-refractivity contribution in [2.24, 2.45) is 0 Å². The number of fused-ring (bicyclic) bond motifs is 1. The number of amides is 1. The number of Topliss-reactive ketones (excluding diaryl/α,β-unsaturated/α-hetero) is 1. The van der Waals surface area contributed by atoms with E-state index in [2.05, 4.69) is 25.8 Å². The van der Waals surface area contributed by atoms with E-state index in [9.17, 15) is 14.7 Å². The molecule has 5 rings (SSSR count). The van der Waals surface area contributed by atoms with Gasteiger partial charge in [-0.15, -0.1) is 0 Å². The summed E-state index contributed by atoms with van der Waals surface area (Å²) in [5.74, 6) is -1.56.